The number of carboxylic acids is 1. The van der Waals surface area contributed by atoms with E-state index in [0.717, 1.165) is 19.3 Å². The summed E-state index contributed by atoms with van der Waals surface area (Å²) in [5.41, 5.74) is 6.34. The normalized spacial score (nSPS) is 24.7. The molecule has 0 radical (unpaired) electrons. The molecule has 0 spiro atoms. The molecule has 1 aliphatic rings. The Kier molecular flexibility index (Phi) is 8.96. The number of aliphatic carboxylic acids is 1. The van der Waals surface area contributed by atoms with E-state index in [1.165, 1.54) is 6.92 Å². The second-order valence-electron chi connectivity index (χ2n) is 8.21. The largest absolute Gasteiger partial charge is 0.481 e. The molecular weight excluding hydrogens is 346 g/mol. The van der Waals surface area contributed by atoms with Crippen molar-refractivity contribution < 1.29 is 19.4 Å². The molecule has 0 aliphatic heterocycles. The summed E-state index contributed by atoms with van der Waals surface area (Å²) in [5.74, 6) is 0.0446. The van der Waals surface area contributed by atoms with E-state index in [1.807, 2.05) is 0 Å². The smallest absolute Gasteiger partial charge is 0.305 e. The van der Waals surface area contributed by atoms with Crippen LogP contribution in [0.2, 0.25) is 0 Å². The summed E-state index contributed by atoms with van der Waals surface area (Å²) in [7, 11) is 0. The zero-order valence-corrected chi connectivity index (χ0v) is 17.0. The number of nitrogens with one attached hydrogen (secondary N) is 1. The maximum absolute atomic E-state index is 11.8. The van der Waals surface area contributed by atoms with Crippen molar-refractivity contribution in [2.24, 2.45) is 28.0 Å². The number of rotatable bonds is 10. The van der Waals surface area contributed by atoms with Crippen LogP contribution in [0.1, 0.15) is 59.8 Å². The van der Waals surface area contributed by atoms with Gasteiger partial charge in [-0.25, -0.2) is 4.99 Å². The first-order chi connectivity index (χ1) is 12.6. The van der Waals surface area contributed by atoms with Gasteiger partial charge in [0.15, 0.2) is 6.23 Å². The fourth-order valence-corrected chi connectivity index (χ4v) is 4.05. The molecule has 7 nitrogen and oxygen atoms in total. The van der Waals surface area contributed by atoms with E-state index in [-0.39, 0.29) is 36.3 Å². The number of carboxylic acid groups (broad SMARTS) is 1. The van der Waals surface area contributed by atoms with Gasteiger partial charge < -0.3 is 20.9 Å². The molecule has 4 unspecified atom stereocenters. The first-order valence-electron chi connectivity index (χ1n) is 9.61. The van der Waals surface area contributed by atoms with Crippen molar-refractivity contribution in [3.05, 3.63) is 12.7 Å². The quantitative estimate of drug-likeness (QED) is 0.306. The van der Waals surface area contributed by atoms with Gasteiger partial charge >= 0.3 is 5.97 Å². The van der Waals surface area contributed by atoms with Gasteiger partial charge in [0.25, 0.3) is 0 Å². The van der Waals surface area contributed by atoms with Crippen LogP contribution < -0.4 is 11.1 Å². The van der Waals surface area contributed by atoms with E-state index in [1.54, 1.807) is 6.08 Å². The van der Waals surface area contributed by atoms with Gasteiger partial charge in [0, 0.05) is 13.3 Å². The topological polar surface area (TPSA) is 114 Å². The lowest BCUT2D eigenvalue weighted by Crippen LogP contribution is -2.54. The second kappa shape index (κ2) is 10.4. The van der Waals surface area contributed by atoms with Gasteiger partial charge in [-0.1, -0.05) is 33.3 Å². The van der Waals surface area contributed by atoms with Crippen molar-refractivity contribution >= 4 is 17.7 Å². The lowest BCUT2D eigenvalue weighted by Gasteiger charge is -2.45. The Morgan fingerprint density at radius 1 is 1.44 bits per heavy atom. The first kappa shape index (κ1) is 23.1. The average molecular weight is 382 g/mol. The second-order valence-corrected chi connectivity index (χ2v) is 8.21. The van der Waals surface area contributed by atoms with Crippen LogP contribution in [0.3, 0.4) is 0 Å². The van der Waals surface area contributed by atoms with Gasteiger partial charge in [-0.05, 0) is 30.1 Å². The van der Waals surface area contributed by atoms with Crippen LogP contribution in [-0.2, 0) is 14.3 Å². The van der Waals surface area contributed by atoms with Crippen LogP contribution in [0.25, 0.3) is 0 Å². The Balaban J connectivity index is 3.01. The third-order valence-electron chi connectivity index (χ3n) is 5.22. The molecule has 1 fully saturated rings. The SMILES string of the molecule is C=CCC(N=C(N)C(NC(C)=O)C1CCC(C)CC1(C)C)OCCC(=O)O. The van der Waals surface area contributed by atoms with Gasteiger partial charge in [-0.2, -0.15) is 0 Å². The Hall–Kier alpha value is -1.89. The zero-order valence-electron chi connectivity index (χ0n) is 17.0. The highest BCUT2D eigenvalue weighted by molar-refractivity contribution is 5.90. The summed E-state index contributed by atoms with van der Waals surface area (Å²) in [4.78, 5) is 27.0. The average Bonchev–Trinajstić information content (AvgIpc) is 2.51. The van der Waals surface area contributed by atoms with E-state index < -0.39 is 12.2 Å². The summed E-state index contributed by atoms with van der Waals surface area (Å²) in [6.07, 6.45) is 4.46. The van der Waals surface area contributed by atoms with Gasteiger partial charge in [0.1, 0.15) is 5.84 Å². The summed E-state index contributed by atoms with van der Waals surface area (Å²) in [6, 6.07) is -0.375. The Morgan fingerprint density at radius 2 is 2.11 bits per heavy atom. The number of ether oxygens (including phenoxy) is 1. The molecule has 1 aliphatic carbocycles. The number of carbonyl (C=O) groups excluding carboxylic acids is 1. The van der Waals surface area contributed by atoms with E-state index in [0.29, 0.717) is 18.2 Å². The number of amidine groups is 1. The Morgan fingerprint density at radius 3 is 2.63 bits per heavy atom. The molecule has 0 heterocycles. The van der Waals surface area contributed by atoms with Crippen molar-refractivity contribution in [2.75, 3.05) is 6.61 Å². The molecule has 1 rings (SSSR count). The van der Waals surface area contributed by atoms with Crippen LogP contribution in [0.5, 0.6) is 0 Å². The molecule has 0 saturated heterocycles. The molecule has 27 heavy (non-hydrogen) atoms. The molecule has 154 valence electrons. The van der Waals surface area contributed by atoms with Crippen LogP contribution in [0.15, 0.2) is 17.6 Å². The third kappa shape index (κ3) is 7.71. The molecule has 0 aromatic heterocycles. The van der Waals surface area contributed by atoms with Crippen LogP contribution in [0, 0.1) is 17.3 Å². The molecule has 0 bridgehead atoms. The van der Waals surface area contributed by atoms with E-state index in [4.69, 9.17) is 15.6 Å². The minimum Gasteiger partial charge on any atom is -0.481 e. The minimum absolute atomic E-state index is 0.0169. The summed E-state index contributed by atoms with van der Waals surface area (Å²) >= 11 is 0. The Bertz CT molecular complexity index is 559. The standard InChI is InChI=1S/C20H35N3O4/c1-6-7-16(27-11-10-17(25)26)23-19(21)18(22-14(3)24)15-9-8-13(2)12-20(15,4)5/h6,13,15-16,18H,1,7-12H2,2-5H3,(H2,21,23)(H,22,24)(H,25,26). The van der Waals surface area contributed by atoms with E-state index >= 15 is 0 Å². The van der Waals surface area contributed by atoms with Crippen molar-refractivity contribution in [1.29, 1.82) is 0 Å². The molecule has 4 atom stereocenters. The minimum atomic E-state index is -0.932. The highest BCUT2D eigenvalue weighted by atomic mass is 16.5. The van der Waals surface area contributed by atoms with Crippen LogP contribution >= 0.6 is 0 Å². The van der Waals surface area contributed by atoms with Crippen molar-refractivity contribution in [1.82, 2.24) is 5.32 Å². The molecule has 1 amide bonds. The lowest BCUT2D eigenvalue weighted by atomic mass is 9.63. The number of nitrogens with two attached hydrogens (primary N) is 1. The highest BCUT2D eigenvalue weighted by Crippen LogP contribution is 2.44. The number of aliphatic imine (C=N–C) groups is 1. The molecule has 0 aromatic carbocycles. The van der Waals surface area contributed by atoms with Crippen molar-refractivity contribution in [2.45, 2.75) is 72.1 Å². The number of nitrogens with zero attached hydrogens (tertiary/aromatic N) is 1. The number of carbonyl (C=O) groups is 2. The summed E-state index contributed by atoms with van der Waals surface area (Å²) in [6.45, 7) is 11.9. The monoisotopic (exact) mass is 381 g/mol. The molecule has 7 heteroatoms. The van der Waals surface area contributed by atoms with Crippen molar-refractivity contribution in [3.8, 4) is 0 Å². The predicted molar refractivity (Wildman–Crippen MR) is 106 cm³/mol. The maximum Gasteiger partial charge on any atom is 0.305 e. The maximum atomic E-state index is 11.8. The predicted octanol–water partition coefficient (Wildman–Crippen LogP) is 2.70. The lowest BCUT2D eigenvalue weighted by molar-refractivity contribution is -0.138. The van der Waals surface area contributed by atoms with Gasteiger partial charge in [-0.3, -0.25) is 9.59 Å². The van der Waals surface area contributed by atoms with Gasteiger partial charge in [-0.15, -0.1) is 6.58 Å². The zero-order chi connectivity index (χ0) is 20.6. The Labute approximate surface area is 162 Å². The van der Waals surface area contributed by atoms with E-state index in [9.17, 15) is 9.59 Å². The first-order valence-corrected chi connectivity index (χ1v) is 9.61. The third-order valence-corrected chi connectivity index (χ3v) is 5.22. The van der Waals surface area contributed by atoms with Crippen molar-refractivity contribution in [3.63, 3.8) is 0 Å². The fourth-order valence-electron chi connectivity index (χ4n) is 4.05. The summed E-state index contributed by atoms with van der Waals surface area (Å²) < 4.78 is 5.54. The molecular formula is C20H35N3O4. The van der Waals surface area contributed by atoms with Crippen LogP contribution in [-0.4, -0.2) is 41.7 Å². The number of hydrogen-bond donors (Lipinski definition) is 3. The molecule has 4 N–H and O–H groups in total. The number of hydrogen-bond acceptors (Lipinski definition) is 4. The van der Waals surface area contributed by atoms with Gasteiger partial charge in [0.05, 0.1) is 19.1 Å². The highest BCUT2D eigenvalue weighted by Gasteiger charge is 2.41. The number of amides is 1. The van der Waals surface area contributed by atoms with Crippen LogP contribution in [0.4, 0.5) is 0 Å². The summed E-state index contributed by atoms with van der Waals surface area (Å²) in [5, 5.41) is 11.7. The van der Waals surface area contributed by atoms with Gasteiger partial charge in [0.2, 0.25) is 5.91 Å². The molecule has 1 saturated carbocycles. The van der Waals surface area contributed by atoms with E-state index in [2.05, 4.69) is 37.7 Å². The fraction of sp³-hybridized carbons (Fsp3) is 0.750. The molecule has 0 aromatic rings.